The van der Waals surface area contributed by atoms with Gasteiger partial charge in [0.05, 0.1) is 6.54 Å². The Morgan fingerprint density at radius 2 is 1.86 bits per heavy atom. The summed E-state index contributed by atoms with van der Waals surface area (Å²) in [5, 5.41) is 2.82. The number of hydrogen-bond acceptors (Lipinski definition) is 5. The Morgan fingerprint density at radius 3 is 2.46 bits per heavy atom. The molecule has 1 aliphatic carbocycles. The number of hydrogen-bond donors (Lipinski definition) is 1. The van der Waals surface area contributed by atoms with Gasteiger partial charge in [0.25, 0.3) is 12.4 Å². The summed E-state index contributed by atoms with van der Waals surface area (Å²) in [6.07, 6.45) is 6.52. The average molecular weight is 480 g/mol. The van der Waals surface area contributed by atoms with Gasteiger partial charge >= 0.3 is 12.9 Å². The predicted molar refractivity (Wildman–Crippen MR) is 136 cm³/mol. The molecule has 0 spiro atoms. The monoisotopic (exact) mass is 480 g/mol. The fourth-order valence-electron chi connectivity index (χ4n) is 5.13. The van der Waals surface area contributed by atoms with Crippen LogP contribution in [0, 0.1) is 11.8 Å². The summed E-state index contributed by atoms with van der Waals surface area (Å²) in [7, 11) is 0. The molecule has 0 saturated heterocycles. The normalized spacial score (nSPS) is 20.1. The third-order valence-corrected chi connectivity index (χ3v) is 7.34. The van der Waals surface area contributed by atoms with Gasteiger partial charge in [-0.15, -0.1) is 0 Å². The van der Waals surface area contributed by atoms with E-state index in [9.17, 15) is 19.2 Å². The van der Waals surface area contributed by atoms with Gasteiger partial charge in [0, 0.05) is 24.9 Å². The molecule has 0 radical (unpaired) electrons. The Morgan fingerprint density at radius 1 is 1.17 bits per heavy atom. The minimum atomic E-state index is -0.582. The first-order valence-corrected chi connectivity index (χ1v) is 12.8. The van der Waals surface area contributed by atoms with E-state index >= 15 is 0 Å². The van der Waals surface area contributed by atoms with E-state index in [1.54, 1.807) is 0 Å². The summed E-state index contributed by atoms with van der Waals surface area (Å²) in [4.78, 5) is 49.7. The van der Waals surface area contributed by atoms with Gasteiger partial charge in [0.2, 0.25) is 0 Å². The number of urea groups is 1. The number of nitrogens with zero attached hydrogens (tertiary/aromatic N) is 1. The van der Waals surface area contributed by atoms with Crippen LogP contribution >= 0.6 is 0 Å². The summed E-state index contributed by atoms with van der Waals surface area (Å²) in [5.41, 5.74) is 3.45. The molecular weight excluding hydrogens is 443 g/mol. The van der Waals surface area contributed by atoms with Gasteiger partial charge in [0.15, 0.2) is 0 Å². The number of ketones is 1. The van der Waals surface area contributed by atoms with Crippen molar-refractivity contribution in [2.45, 2.75) is 72.0 Å². The van der Waals surface area contributed by atoms with E-state index < -0.39 is 6.92 Å². The zero-order valence-corrected chi connectivity index (χ0v) is 21.2. The summed E-state index contributed by atoms with van der Waals surface area (Å²) < 4.78 is 5.25. The van der Waals surface area contributed by atoms with Crippen molar-refractivity contribution in [2.75, 3.05) is 13.1 Å². The van der Waals surface area contributed by atoms with Crippen LogP contribution in [0.2, 0.25) is 6.32 Å². The van der Waals surface area contributed by atoms with Gasteiger partial charge in [-0.25, -0.2) is 4.79 Å². The predicted octanol–water partition coefficient (Wildman–Crippen LogP) is 3.66. The molecule has 1 heterocycles. The van der Waals surface area contributed by atoms with E-state index in [1.807, 2.05) is 38.1 Å². The molecule has 7 nitrogen and oxygen atoms in total. The fraction of sp³-hybridized carbons (Fsp3) is 0.556. The lowest BCUT2D eigenvalue weighted by molar-refractivity contribution is -0.123. The largest absolute Gasteiger partial charge is 0.533 e. The van der Waals surface area contributed by atoms with Crippen LogP contribution < -0.4 is 10.8 Å². The standard InChI is InChI=1S/C27H37BN2O5/c1-4-25-20(3)17-30(26(25)33)27(34)29-14-13-21-9-11-23(12-10-21)28(35-18-31)16-24(32)15-22-7-5-19(2)6-8-22/h9-12,18-19,22H,4-8,13-17H2,1-3H3,(H,29,34). The second kappa shape index (κ2) is 12.7. The van der Waals surface area contributed by atoms with Crippen LogP contribution in [0.5, 0.6) is 0 Å². The quantitative estimate of drug-likeness (QED) is 0.386. The molecule has 1 fully saturated rings. The highest BCUT2D eigenvalue weighted by Crippen LogP contribution is 2.30. The van der Waals surface area contributed by atoms with Crippen molar-refractivity contribution in [2.24, 2.45) is 11.8 Å². The van der Waals surface area contributed by atoms with Crippen LogP contribution in [-0.2, 0) is 25.5 Å². The number of rotatable bonds is 11. The molecule has 0 atom stereocenters. The molecule has 3 amide bonds. The molecular formula is C27H37BN2O5. The molecule has 1 aromatic carbocycles. The van der Waals surface area contributed by atoms with Crippen molar-refractivity contribution in [3.05, 3.63) is 41.0 Å². The van der Waals surface area contributed by atoms with Crippen LogP contribution in [0.25, 0.3) is 0 Å². The summed E-state index contributed by atoms with van der Waals surface area (Å²) in [5.74, 6) is 1.12. The van der Waals surface area contributed by atoms with Gasteiger partial charge in [-0.1, -0.05) is 51.0 Å². The third kappa shape index (κ3) is 7.29. The molecule has 0 unspecified atom stereocenters. The fourth-order valence-corrected chi connectivity index (χ4v) is 5.13. The van der Waals surface area contributed by atoms with Crippen molar-refractivity contribution in [1.29, 1.82) is 0 Å². The zero-order valence-electron chi connectivity index (χ0n) is 21.2. The van der Waals surface area contributed by atoms with Crippen LogP contribution in [0.15, 0.2) is 35.4 Å². The van der Waals surface area contributed by atoms with Crippen LogP contribution in [0.3, 0.4) is 0 Å². The molecule has 1 N–H and O–H groups in total. The highest BCUT2D eigenvalue weighted by atomic mass is 16.5. The number of Topliss-reactive ketones (excluding diaryl/α,β-unsaturated/α-hetero) is 1. The minimum Gasteiger partial charge on any atom is -0.533 e. The van der Waals surface area contributed by atoms with Crippen molar-refractivity contribution >= 4 is 36.6 Å². The van der Waals surface area contributed by atoms with Crippen LogP contribution in [0.1, 0.15) is 64.9 Å². The van der Waals surface area contributed by atoms with E-state index in [0.717, 1.165) is 40.9 Å². The molecule has 1 aromatic rings. The first-order chi connectivity index (χ1) is 16.8. The van der Waals surface area contributed by atoms with Crippen LogP contribution in [-0.4, -0.2) is 49.1 Å². The molecule has 0 bridgehead atoms. The van der Waals surface area contributed by atoms with Gasteiger partial charge in [-0.2, -0.15) is 0 Å². The molecule has 3 rings (SSSR count). The lowest BCUT2D eigenvalue weighted by Crippen LogP contribution is -2.42. The highest BCUT2D eigenvalue weighted by molar-refractivity contribution is 6.71. The maximum atomic E-state index is 12.6. The molecule has 1 aliphatic heterocycles. The van der Waals surface area contributed by atoms with E-state index in [1.165, 1.54) is 17.7 Å². The van der Waals surface area contributed by atoms with E-state index in [0.29, 0.717) is 44.7 Å². The summed E-state index contributed by atoms with van der Waals surface area (Å²) >= 11 is 0. The van der Waals surface area contributed by atoms with Gasteiger partial charge in [0.1, 0.15) is 5.78 Å². The molecule has 8 heteroatoms. The van der Waals surface area contributed by atoms with Crippen LogP contribution in [0.4, 0.5) is 4.79 Å². The van der Waals surface area contributed by atoms with Crippen molar-refractivity contribution in [3.8, 4) is 0 Å². The Balaban J connectivity index is 1.47. The SMILES string of the molecule is CCC1=C(C)CN(C(=O)NCCc2ccc(B(CC(=O)CC3CCC(C)CC3)OC=O)cc2)C1=O. The lowest BCUT2D eigenvalue weighted by atomic mass is 9.56. The molecule has 2 aliphatic rings. The van der Waals surface area contributed by atoms with Gasteiger partial charge in [-0.3, -0.25) is 14.5 Å². The molecule has 35 heavy (non-hydrogen) atoms. The van der Waals surface area contributed by atoms with E-state index in [-0.39, 0.29) is 24.0 Å². The van der Waals surface area contributed by atoms with Crippen molar-refractivity contribution in [3.63, 3.8) is 0 Å². The number of imide groups is 1. The first-order valence-electron chi connectivity index (χ1n) is 12.8. The molecule has 0 aromatic heterocycles. The number of carbonyl (C=O) groups is 4. The van der Waals surface area contributed by atoms with Gasteiger partial charge < -0.3 is 14.8 Å². The van der Waals surface area contributed by atoms with Crippen molar-refractivity contribution in [1.82, 2.24) is 10.2 Å². The second-order valence-corrected chi connectivity index (χ2v) is 10.0. The maximum absolute atomic E-state index is 12.6. The number of amides is 3. The second-order valence-electron chi connectivity index (χ2n) is 10.0. The van der Waals surface area contributed by atoms with Crippen molar-refractivity contribution < 1.29 is 23.8 Å². The zero-order chi connectivity index (χ0) is 25.4. The Hall–Kier alpha value is -2.90. The Bertz CT molecular complexity index is 951. The number of nitrogens with one attached hydrogen (secondary N) is 1. The number of carbonyl (C=O) groups excluding carboxylic acids is 4. The summed E-state index contributed by atoms with van der Waals surface area (Å²) in [6, 6.07) is 7.19. The average Bonchev–Trinajstić information content (AvgIpc) is 3.13. The maximum Gasteiger partial charge on any atom is 0.402 e. The van der Waals surface area contributed by atoms with E-state index in [2.05, 4.69) is 12.2 Å². The smallest absolute Gasteiger partial charge is 0.402 e. The minimum absolute atomic E-state index is 0.135. The first kappa shape index (κ1) is 26.7. The third-order valence-electron chi connectivity index (χ3n) is 7.34. The lowest BCUT2D eigenvalue weighted by Gasteiger charge is -2.25. The molecule has 1 saturated carbocycles. The Labute approximate surface area is 208 Å². The summed E-state index contributed by atoms with van der Waals surface area (Å²) in [6.45, 7) is 6.63. The van der Waals surface area contributed by atoms with E-state index in [4.69, 9.17) is 4.65 Å². The Kier molecular flexibility index (Phi) is 9.69. The highest BCUT2D eigenvalue weighted by Gasteiger charge is 2.31. The van der Waals surface area contributed by atoms with Gasteiger partial charge in [-0.05, 0) is 61.0 Å². The topological polar surface area (TPSA) is 92.8 Å². The molecule has 188 valence electrons. The number of benzene rings is 1.